The summed E-state index contributed by atoms with van der Waals surface area (Å²) >= 11 is 0. The third-order valence-electron chi connectivity index (χ3n) is 7.70. The number of benzene rings is 2. The molecule has 2 aliphatic rings. The van der Waals surface area contributed by atoms with Crippen molar-refractivity contribution in [2.45, 2.75) is 25.2 Å². The summed E-state index contributed by atoms with van der Waals surface area (Å²) in [7, 11) is -3.79. The first kappa shape index (κ1) is 25.8. The van der Waals surface area contributed by atoms with E-state index in [1.165, 1.54) is 28.0 Å². The molecule has 0 bridgehead atoms. The number of allylic oxidation sites excluding steroid dienone is 1. The number of carbonyl (C=O) groups is 2. The van der Waals surface area contributed by atoms with Crippen molar-refractivity contribution in [3.05, 3.63) is 94.8 Å². The highest BCUT2D eigenvalue weighted by molar-refractivity contribution is 7.89. The van der Waals surface area contributed by atoms with Crippen LogP contribution in [0.15, 0.2) is 67.0 Å². The SMILES string of the molecule is Cc1ccccc1Nc1c(C(=O)N2CCC3(C=Cc4ccccc43)CC2)cnc2c(C(=O)NS(C)(=O)=O)cnn12. The summed E-state index contributed by atoms with van der Waals surface area (Å²) in [5, 5.41) is 7.64. The summed E-state index contributed by atoms with van der Waals surface area (Å²) in [5.74, 6) is -0.709. The number of fused-ring (bicyclic) bond motifs is 3. The number of rotatable bonds is 5. The highest BCUT2D eigenvalue weighted by Crippen LogP contribution is 2.44. The molecule has 4 aromatic rings. The number of nitrogens with zero attached hydrogens (tertiary/aromatic N) is 4. The fourth-order valence-corrected chi connectivity index (χ4v) is 6.03. The van der Waals surface area contributed by atoms with Crippen LogP contribution in [0, 0.1) is 6.92 Å². The van der Waals surface area contributed by atoms with Crippen molar-refractivity contribution in [2.24, 2.45) is 0 Å². The second-order valence-corrected chi connectivity index (χ2v) is 12.1. The van der Waals surface area contributed by atoms with Gasteiger partial charge in [0.1, 0.15) is 16.9 Å². The number of piperidine rings is 1. The Morgan fingerprint density at radius 3 is 2.45 bits per heavy atom. The molecular formula is C29H28N6O4S. The maximum Gasteiger partial charge on any atom is 0.270 e. The molecule has 40 heavy (non-hydrogen) atoms. The van der Waals surface area contributed by atoms with Gasteiger partial charge in [-0.3, -0.25) is 9.59 Å². The van der Waals surface area contributed by atoms with E-state index in [1.807, 2.05) is 46.9 Å². The van der Waals surface area contributed by atoms with E-state index >= 15 is 0 Å². The Morgan fingerprint density at radius 2 is 1.70 bits per heavy atom. The number of sulfonamides is 1. The summed E-state index contributed by atoms with van der Waals surface area (Å²) < 4.78 is 26.6. The summed E-state index contributed by atoms with van der Waals surface area (Å²) in [6.07, 6.45) is 9.62. The molecule has 2 aromatic carbocycles. The molecule has 204 valence electrons. The van der Waals surface area contributed by atoms with Crippen molar-refractivity contribution in [2.75, 3.05) is 24.7 Å². The standard InChI is InChI=1S/C29H28N6O4S/c1-19-7-3-6-10-24(19)32-26-22(17-30-25-21(18-31-35(25)26)27(36)33-40(2,38)39)28(37)34-15-13-29(14-16-34)12-11-20-8-4-5-9-23(20)29/h3-12,17-18,32H,13-16H2,1-2H3,(H,33,36). The number of carbonyl (C=O) groups excluding carboxylic acids is 2. The van der Waals surface area contributed by atoms with Gasteiger partial charge in [-0.1, -0.05) is 54.6 Å². The van der Waals surface area contributed by atoms with Gasteiger partial charge in [-0.25, -0.2) is 18.1 Å². The Bertz CT molecular complexity index is 1800. The minimum Gasteiger partial charge on any atom is -0.339 e. The smallest absolute Gasteiger partial charge is 0.270 e. The van der Waals surface area contributed by atoms with E-state index in [-0.39, 0.29) is 22.5 Å². The molecule has 1 fully saturated rings. The highest BCUT2D eigenvalue weighted by atomic mass is 32.2. The summed E-state index contributed by atoms with van der Waals surface area (Å²) in [4.78, 5) is 32.8. The summed E-state index contributed by atoms with van der Waals surface area (Å²) in [5.41, 5.74) is 4.57. The number of anilines is 2. The van der Waals surface area contributed by atoms with Gasteiger partial charge in [0.25, 0.3) is 11.8 Å². The normalized spacial score (nSPS) is 15.8. The van der Waals surface area contributed by atoms with Crippen LogP contribution < -0.4 is 10.0 Å². The molecule has 2 N–H and O–H groups in total. The lowest BCUT2D eigenvalue weighted by Gasteiger charge is -2.39. The molecule has 1 saturated heterocycles. The number of hydrogen-bond acceptors (Lipinski definition) is 7. The minimum absolute atomic E-state index is 0.0242. The quantitative estimate of drug-likeness (QED) is 0.384. The first-order chi connectivity index (χ1) is 19.2. The molecule has 3 heterocycles. The predicted molar refractivity (Wildman–Crippen MR) is 152 cm³/mol. The number of para-hydroxylation sites is 1. The lowest BCUT2D eigenvalue weighted by atomic mass is 9.74. The molecule has 0 saturated carbocycles. The third kappa shape index (κ3) is 4.51. The van der Waals surface area contributed by atoms with Crippen LogP contribution in [0.25, 0.3) is 11.7 Å². The zero-order chi connectivity index (χ0) is 28.1. The number of aromatic nitrogens is 3. The van der Waals surface area contributed by atoms with Gasteiger partial charge in [-0.05, 0) is 42.5 Å². The van der Waals surface area contributed by atoms with Gasteiger partial charge in [0.05, 0.1) is 12.5 Å². The first-order valence-electron chi connectivity index (χ1n) is 12.9. The van der Waals surface area contributed by atoms with E-state index in [4.69, 9.17) is 0 Å². The number of hydrogen-bond donors (Lipinski definition) is 2. The van der Waals surface area contributed by atoms with Crippen molar-refractivity contribution < 1.29 is 18.0 Å². The van der Waals surface area contributed by atoms with Crippen molar-refractivity contribution in [1.82, 2.24) is 24.2 Å². The molecule has 0 radical (unpaired) electrons. The molecule has 1 aliphatic carbocycles. The fourth-order valence-electron chi connectivity index (χ4n) is 5.58. The van der Waals surface area contributed by atoms with Gasteiger partial charge in [0, 0.05) is 30.4 Å². The highest BCUT2D eigenvalue weighted by Gasteiger charge is 2.39. The van der Waals surface area contributed by atoms with E-state index in [9.17, 15) is 18.0 Å². The summed E-state index contributed by atoms with van der Waals surface area (Å²) in [6.45, 7) is 3.08. The van der Waals surface area contributed by atoms with Gasteiger partial charge >= 0.3 is 0 Å². The van der Waals surface area contributed by atoms with Gasteiger partial charge in [-0.2, -0.15) is 9.61 Å². The van der Waals surface area contributed by atoms with Crippen molar-refractivity contribution in [1.29, 1.82) is 0 Å². The fraction of sp³-hybridized carbons (Fsp3) is 0.241. The molecule has 2 aromatic heterocycles. The average Bonchev–Trinajstić information content (AvgIpc) is 3.52. The number of amides is 2. The summed E-state index contributed by atoms with van der Waals surface area (Å²) in [6, 6.07) is 16.0. The van der Waals surface area contributed by atoms with Gasteiger partial charge in [0.2, 0.25) is 10.0 Å². The largest absolute Gasteiger partial charge is 0.339 e. The molecule has 0 unspecified atom stereocenters. The Morgan fingerprint density at radius 1 is 0.975 bits per heavy atom. The Kier molecular flexibility index (Phi) is 6.18. The molecule has 10 nitrogen and oxygen atoms in total. The molecular weight excluding hydrogens is 528 g/mol. The number of likely N-dealkylation sites (tertiary alicyclic amines) is 1. The lowest BCUT2D eigenvalue weighted by Crippen LogP contribution is -2.44. The van der Waals surface area contributed by atoms with Crippen molar-refractivity contribution >= 4 is 45.1 Å². The second-order valence-electron chi connectivity index (χ2n) is 10.3. The molecule has 11 heteroatoms. The molecule has 0 atom stereocenters. The van der Waals surface area contributed by atoms with Crippen LogP contribution in [0.3, 0.4) is 0 Å². The van der Waals surface area contributed by atoms with Gasteiger partial charge in [0.15, 0.2) is 5.65 Å². The topological polar surface area (TPSA) is 126 Å². The lowest BCUT2D eigenvalue weighted by molar-refractivity contribution is 0.0690. The monoisotopic (exact) mass is 556 g/mol. The van der Waals surface area contributed by atoms with Crippen LogP contribution >= 0.6 is 0 Å². The van der Waals surface area contributed by atoms with E-state index in [2.05, 4.69) is 45.8 Å². The van der Waals surface area contributed by atoms with Crippen LogP contribution in [0.5, 0.6) is 0 Å². The Labute approximate surface area is 231 Å². The van der Waals surface area contributed by atoms with Gasteiger partial charge < -0.3 is 10.2 Å². The maximum atomic E-state index is 13.9. The minimum atomic E-state index is -3.79. The first-order valence-corrected chi connectivity index (χ1v) is 14.8. The predicted octanol–water partition coefficient (Wildman–Crippen LogP) is 3.67. The maximum absolute atomic E-state index is 13.9. The zero-order valence-electron chi connectivity index (χ0n) is 22.1. The Hall–Kier alpha value is -4.51. The average molecular weight is 557 g/mol. The van der Waals surface area contributed by atoms with Crippen LogP contribution in [0.1, 0.15) is 50.2 Å². The number of aryl methyl sites for hydroxylation is 1. The van der Waals surface area contributed by atoms with Crippen LogP contribution in [0.4, 0.5) is 11.5 Å². The van der Waals surface area contributed by atoms with Crippen LogP contribution in [-0.4, -0.2) is 59.1 Å². The second kappa shape index (κ2) is 9.60. The molecule has 1 spiro atoms. The molecule has 6 rings (SSSR count). The molecule has 2 amide bonds. The zero-order valence-corrected chi connectivity index (χ0v) is 22.9. The molecule has 1 aliphatic heterocycles. The van der Waals surface area contributed by atoms with Crippen molar-refractivity contribution in [3.8, 4) is 0 Å². The third-order valence-corrected chi connectivity index (χ3v) is 8.26. The van der Waals surface area contributed by atoms with E-state index in [0.717, 1.165) is 30.3 Å². The van der Waals surface area contributed by atoms with Crippen LogP contribution in [-0.2, 0) is 15.4 Å². The van der Waals surface area contributed by atoms with E-state index < -0.39 is 15.9 Å². The van der Waals surface area contributed by atoms with E-state index in [1.54, 1.807) is 0 Å². The van der Waals surface area contributed by atoms with Gasteiger partial charge in [-0.15, -0.1) is 0 Å². The van der Waals surface area contributed by atoms with Crippen LogP contribution in [0.2, 0.25) is 0 Å². The Balaban J connectivity index is 1.35. The number of nitrogens with one attached hydrogen (secondary N) is 2. The van der Waals surface area contributed by atoms with Crippen molar-refractivity contribution in [3.63, 3.8) is 0 Å². The van der Waals surface area contributed by atoms with E-state index in [0.29, 0.717) is 24.5 Å².